The lowest BCUT2D eigenvalue weighted by Crippen LogP contribution is -2.47. The van der Waals surface area contributed by atoms with Crippen molar-refractivity contribution in [1.82, 2.24) is 24.9 Å². The molecule has 0 bridgehead atoms. The third kappa shape index (κ3) is 5.95. The topological polar surface area (TPSA) is 75.0 Å². The van der Waals surface area contributed by atoms with E-state index >= 15 is 0 Å². The third-order valence-electron chi connectivity index (χ3n) is 4.90. The fourth-order valence-electron chi connectivity index (χ4n) is 3.36. The molecule has 1 aliphatic rings. The van der Waals surface area contributed by atoms with Gasteiger partial charge in [0.1, 0.15) is 0 Å². The van der Waals surface area contributed by atoms with Gasteiger partial charge >= 0.3 is 5.97 Å². The summed E-state index contributed by atoms with van der Waals surface area (Å²) in [6.45, 7) is 7.47. The van der Waals surface area contributed by atoms with Crippen molar-refractivity contribution in [2.24, 2.45) is 18.0 Å². The Morgan fingerprint density at radius 3 is 2.63 bits per heavy atom. The van der Waals surface area contributed by atoms with E-state index in [-0.39, 0.29) is 17.9 Å². The SMILES string of the molecule is CCNC(=NCC(c1cnn(C)c1)N(C)C)N1CCC(C(=O)OCC)CC1. The minimum absolute atomic E-state index is 0.00833. The molecule has 8 heteroatoms. The zero-order chi connectivity index (χ0) is 19.8. The normalized spacial score (nSPS) is 17.3. The molecular weight excluding hydrogens is 344 g/mol. The average molecular weight is 379 g/mol. The number of guanidine groups is 1. The number of likely N-dealkylation sites (tertiary alicyclic amines) is 1. The molecular formula is C19H34N6O2. The number of hydrogen-bond acceptors (Lipinski definition) is 5. The van der Waals surface area contributed by atoms with Crippen LogP contribution in [0.2, 0.25) is 0 Å². The van der Waals surface area contributed by atoms with Gasteiger partial charge in [0.25, 0.3) is 0 Å². The van der Waals surface area contributed by atoms with Crippen LogP contribution in [-0.2, 0) is 16.6 Å². The van der Waals surface area contributed by atoms with E-state index in [0.717, 1.165) is 44.0 Å². The first-order chi connectivity index (χ1) is 13.0. The maximum absolute atomic E-state index is 11.9. The molecule has 0 spiro atoms. The number of aliphatic imine (C=N–C) groups is 1. The van der Waals surface area contributed by atoms with Gasteiger partial charge < -0.3 is 19.9 Å². The number of aromatic nitrogens is 2. The highest BCUT2D eigenvalue weighted by Gasteiger charge is 2.27. The van der Waals surface area contributed by atoms with Gasteiger partial charge in [-0.3, -0.25) is 14.5 Å². The molecule has 27 heavy (non-hydrogen) atoms. The maximum atomic E-state index is 11.9. The van der Waals surface area contributed by atoms with Crippen LogP contribution >= 0.6 is 0 Å². The Labute approximate surface area is 162 Å². The summed E-state index contributed by atoms with van der Waals surface area (Å²) < 4.78 is 6.98. The Balaban J connectivity index is 2.02. The number of aryl methyl sites for hydroxylation is 1. The van der Waals surface area contributed by atoms with E-state index in [2.05, 4.69) is 41.2 Å². The zero-order valence-electron chi connectivity index (χ0n) is 17.3. The van der Waals surface area contributed by atoms with E-state index < -0.39 is 0 Å². The van der Waals surface area contributed by atoms with E-state index in [9.17, 15) is 4.79 Å². The third-order valence-corrected chi connectivity index (χ3v) is 4.90. The summed E-state index contributed by atoms with van der Waals surface area (Å²) in [6.07, 6.45) is 5.56. The average Bonchev–Trinajstić information content (AvgIpc) is 3.07. The fourth-order valence-corrected chi connectivity index (χ4v) is 3.36. The first kappa shape index (κ1) is 21.2. The Hall–Kier alpha value is -2.09. The molecule has 2 rings (SSSR count). The molecule has 1 aromatic rings. The lowest BCUT2D eigenvalue weighted by molar-refractivity contribution is -0.149. The van der Waals surface area contributed by atoms with Crippen LogP contribution in [0.25, 0.3) is 0 Å². The maximum Gasteiger partial charge on any atom is 0.309 e. The van der Waals surface area contributed by atoms with E-state index in [1.54, 1.807) is 0 Å². The molecule has 1 aliphatic heterocycles. The predicted molar refractivity (Wildman–Crippen MR) is 107 cm³/mol. The lowest BCUT2D eigenvalue weighted by Gasteiger charge is -2.33. The van der Waals surface area contributed by atoms with Crippen molar-refractivity contribution < 1.29 is 9.53 Å². The second-order valence-electron chi connectivity index (χ2n) is 7.13. The van der Waals surface area contributed by atoms with Gasteiger partial charge in [0.2, 0.25) is 0 Å². The molecule has 0 radical (unpaired) electrons. The predicted octanol–water partition coefficient (Wildman–Crippen LogP) is 1.26. The van der Waals surface area contributed by atoms with E-state index in [1.165, 1.54) is 0 Å². The minimum Gasteiger partial charge on any atom is -0.466 e. The molecule has 2 heterocycles. The fraction of sp³-hybridized carbons (Fsp3) is 0.737. The highest BCUT2D eigenvalue weighted by Crippen LogP contribution is 2.20. The van der Waals surface area contributed by atoms with E-state index in [0.29, 0.717) is 13.2 Å². The molecule has 1 atom stereocenters. The summed E-state index contributed by atoms with van der Waals surface area (Å²) in [7, 11) is 6.05. The molecule has 1 N–H and O–H groups in total. The molecule has 0 aliphatic carbocycles. The molecule has 1 unspecified atom stereocenters. The summed E-state index contributed by atoms with van der Waals surface area (Å²) in [5, 5.41) is 7.68. The smallest absolute Gasteiger partial charge is 0.309 e. The number of ether oxygens (including phenoxy) is 1. The summed E-state index contributed by atoms with van der Waals surface area (Å²) in [5.41, 5.74) is 1.16. The van der Waals surface area contributed by atoms with Crippen LogP contribution < -0.4 is 5.32 Å². The van der Waals surface area contributed by atoms with Crippen LogP contribution in [0.1, 0.15) is 38.3 Å². The van der Waals surface area contributed by atoms with Gasteiger partial charge in [0.05, 0.1) is 31.3 Å². The van der Waals surface area contributed by atoms with Crippen LogP contribution in [0.15, 0.2) is 17.4 Å². The number of nitrogens with one attached hydrogen (secondary N) is 1. The van der Waals surface area contributed by atoms with Crippen molar-refractivity contribution in [3.63, 3.8) is 0 Å². The number of rotatable bonds is 7. The number of carbonyl (C=O) groups is 1. The highest BCUT2D eigenvalue weighted by molar-refractivity contribution is 5.80. The lowest BCUT2D eigenvalue weighted by atomic mass is 9.97. The zero-order valence-corrected chi connectivity index (χ0v) is 17.3. The number of esters is 1. The summed E-state index contributed by atoms with van der Waals surface area (Å²) in [5.74, 6) is 0.855. The second-order valence-corrected chi connectivity index (χ2v) is 7.13. The van der Waals surface area contributed by atoms with Crippen molar-refractivity contribution in [2.45, 2.75) is 32.7 Å². The Bertz CT molecular complexity index is 619. The monoisotopic (exact) mass is 378 g/mol. The largest absolute Gasteiger partial charge is 0.466 e. The van der Waals surface area contributed by atoms with Crippen molar-refractivity contribution in [3.05, 3.63) is 18.0 Å². The van der Waals surface area contributed by atoms with E-state index in [1.807, 2.05) is 31.0 Å². The first-order valence-electron chi connectivity index (χ1n) is 9.81. The van der Waals surface area contributed by atoms with Crippen LogP contribution in [0.3, 0.4) is 0 Å². The van der Waals surface area contributed by atoms with Crippen molar-refractivity contribution in [2.75, 3.05) is 46.9 Å². The second kappa shape index (κ2) is 10.3. The van der Waals surface area contributed by atoms with Crippen LogP contribution in [0.5, 0.6) is 0 Å². The molecule has 0 aromatic carbocycles. The first-order valence-corrected chi connectivity index (χ1v) is 9.81. The molecule has 8 nitrogen and oxygen atoms in total. The number of carbonyl (C=O) groups excluding carboxylic acids is 1. The van der Waals surface area contributed by atoms with E-state index in [4.69, 9.17) is 9.73 Å². The van der Waals surface area contributed by atoms with Crippen LogP contribution in [-0.4, -0.2) is 78.4 Å². The molecule has 152 valence electrons. The van der Waals surface area contributed by atoms with Crippen LogP contribution in [0, 0.1) is 5.92 Å². The summed E-state index contributed by atoms with van der Waals surface area (Å²) in [6, 6.07) is 0.171. The van der Waals surface area contributed by atoms with Gasteiger partial charge in [-0.1, -0.05) is 0 Å². The standard InChI is InChI=1S/C19H34N6O2/c1-6-20-19(25-10-8-15(9-11-25)18(26)27-7-2)21-13-17(23(3)4)16-12-22-24(5)14-16/h12,14-15,17H,6-11,13H2,1-5H3,(H,20,21). The highest BCUT2D eigenvalue weighted by atomic mass is 16.5. The van der Waals surface area contributed by atoms with Gasteiger partial charge in [-0.05, 0) is 40.8 Å². The van der Waals surface area contributed by atoms with Gasteiger partial charge in [-0.2, -0.15) is 5.10 Å². The quantitative estimate of drug-likeness (QED) is 0.437. The van der Waals surface area contributed by atoms with Gasteiger partial charge in [-0.25, -0.2) is 0 Å². The number of nitrogens with zero attached hydrogens (tertiary/aromatic N) is 5. The Morgan fingerprint density at radius 2 is 2.11 bits per heavy atom. The van der Waals surface area contributed by atoms with Crippen molar-refractivity contribution in [1.29, 1.82) is 0 Å². The van der Waals surface area contributed by atoms with Crippen LogP contribution in [0.4, 0.5) is 0 Å². The molecule has 1 saturated heterocycles. The van der Waals surface area contributed by atoms with Gasteiger partial charge in [0.15, 0.2) is 5.96 Å². The number of piperidine rings is 1. The Kier molecular flexibility index (Phi) is 8.09. The molecule has 0 saturated carbocycles. The molecule has 1 aromatic heterocycles. The van der Waals surface area contributed by atoms with Gasteiger partial charge in [-0.15, -0.1) is 0 Å². The number of hydrogen-bond donors (Lipinski definition) is 1. The van der Waals surface area contributed by atoms with Crippen molar-refractivity contribution >= 4 is 11.9 Å². The van der Waals surface area contributed by atoms with Gasteiger partial charge in [0, 0.05) is 38.4 Å². The summed E-state index contributed by atoms with van der Waals surface area (Å²) in [4.78, 5) is 21.2. The minimum atomic E-state index is -0.0664. The molecule has 0 amide bonds. The summed E-state index contributed by atoms with van der Waals surface area (Å²) >= 11 is 0. The van der Waals surface area contributed by atoms with Crippen molar-refractivity contribution in [3.8, 4) is 0 Å². The molecule has 1 fully saturated rings. The Morgan fingerprint density at radius 1 is 1.41 bits per heavy atom. The number of likely N-dealkylation sites (N-methyl/N-ethyl adjacent to an activating group) is 1.